The molecule has 15 atom stereocenters. The Morgan fingerprint density at radius 3 is 2.33 bits per heavy atom. The number of hydrogen-bond acceptors (Lipinski definition) is 11. The minimum atomic E-state index is -1.86. The van der Waals surface area contributed by atoms with Crippen LogP contribution in [0.5, 0.6) is 0 Å². The van der Waals surface area contributed by atoms with Crippen LogP contribution in [0.2, 0.25) is 0 Å². The molecule has 238 valence electrons. The lowest BCUT2D eigenvalue weighted by molar-refractivity contribution is -0.320. The van der Waals surface area contributed by atoms with Crippen molar-refractivity contribution >= 4 is 5.97 Å². The van der Waals surface area contributed by atoms with Crippen LogP contribution in [0.3, 0.4) is 0 Å². The summed E-state index contributed by atoms with van der Waals surface area (Å²) in [6.45, 7) is 3.46. The van der Waals surface area contributed by atoms with Crippen molar-refractivity contribution in [3.63, 3.8) is 0 Å². The summed E-state index contributed by atoms with van der Waals surface area (Å²) in [6.07, 6.45) is -5.27. The van der Waals surface area contributed by atoms with E-state index in [2.05, 4.69) is 11.8 Å². The first-order valence-corrected chi connectivity index (χ1v) is 15.5. The van der Waals surface area contributed by atoms with E-state index >= 15 is 0 Å². The first-order valence-electron chi connectivity index (χ1n) is 15.5. The van der Waals surface area contributed by atoms with Gasteiger partial charge in [-0.05, 0) is 31.0 Å². The van der Waals surface area contributed by atoms with E-state index in [0.717, 1.165) is 0 Å². The van der Waals surface area contributed by atoms with Crippen LogP contribution in [-0.4, -0.2) is 133 Å². The number of aliphatic hydroxyl groups excluding tert-OH is 2. The minimum Gasteiger partial charge on any atom is -0.455 e. The number of carbonyl (C=O) groups is 1. The first kappa shape index (κ1) is 30.0. The van der Waals surface area contributed by atoms with Crippen molar-refractivity contribution in [2.75, 3.05) is 48.1 Å². The number of benzene rings is 1. The molecule has 0 aromatic heterocycles. The molecule has 0 amide bonds. The average Bonchev–Trinajstić information content (AvgIpc) is 3.39. The second-order valence-electron chi connectivity index (χ2n) is 13.9. The number of hydrogen-bond donors (Lipinski definition) is 4. The molecular weight excluding hydrogens is 558 g/mol. The number of piperidine rings is 1. The Morgan fingerprint density at radius 2 is 1.72 bits per heavy atom. The van der Waals surface area contributed by atoms with Gasteiger partial charge in [-0.1, -0.05) is 25.1 Å². The van der Waals surface area contributed by atoms with Gasteiger partial charge in [0, 0.05) is 76.0 Å². The number of fused-ring (bicyclic) bond motifs is 2. The number of likely N-dealkylation sites (tertiary alicyclic amines) is 1. The molecule has 0 radical (unpaired) electrons. The summed E-state index contributed by atoms with van der Waals surface area (Å²) >= 11 is 0. The predicted octanol–water partition coefficient (Wildman–Crippen LogP) is 0.0773. The molecule has 5 saturated carbocycles. The van der Waals surface area contributed by atoms with Gasteiger partial charge in [-0.15, -0.1) is 0 Å². The van der Waals surface area contributed by atoms with Crippen LogP contribution in [0.1, 0.15) is 30.1 Å². The van der Waals surface area contributed by atoms with Crippen molar-refractivity contribution in [3.8, 4) is 0 Å². The van der Waals surface area contributed by atoms with Crippen LogP contribution < -0.4 is 0 Å². The van der Waals surface area contributed by atoms with E-state index in [9.17, 15) is 25.2 Å². The highest BCUT2D eigenvalue weighted by Crippen LogP contribution is 2.80. The summed E-state index contributed by atoms with van der Waals surface area (Å²) in [5, 5.41) is 49.7. The van der Waals surface area contributed by atoms with Crippen molar-refractivity contribution < 1.29 is 48.9 Å². The predicted molar refractivity (Wildman–Crippen MR) is 151 cm³/mol. The molecule has 6 fully saturated rings. The highest BCUT2D eigenvalue weighted by molar-refractivity contribution is 5.89. The summed E-state index contributed by atoms with van der Waals surface area (Å²) < 4.78 is 30.5. The van der Waals surface area contributed by atoms with Gasteiger partial charge in [-0.2, -0.15) is 0 Å². The molecule has 43 heavy (non-hydrogen) atoms. The van der Waals surface area contributed by atoms with Gasteiger partial charge in [-0.25, -0.2) is 4.79 Å². The lowest BCUT2D eigenvalue weighted by Crippen LogP contribution is -2.81. The van der Waals surface area contributed by atoms with Crippen LogP contribution in [0.15, 0.2) is 30.3 Å². The third-order valence-electron chi connectivity index (χ3n) is 12.9. The molecule has 11 nitrogen and oxygen atoms in total. The molecule has 7 rings (SSSR count). The fourth-order valence-corrected chi connectivity index (χ4v) is 11.9. The number of aliphatic hydroxyl groups is 4. The molecule has 1 spiro atoms. The number of ether oxygens (including phenoxy) is 5. The maximum Gasteiger partial charge on any atom is 0.338 e. The van der Waals surface area contributed by atoms with Gasteiger partial charge in [-0.3, -0.25) is 4.90 Å². The fraction of sp³-hybridized carbons (Fsp3) is 0.781. The molecule has 4 N–H and O–H groups in total. The Bertz CT molecular complexity index is 1250. The molecule has 1 saturated heterocycles. The van der Waals surface area contributed by atoms with E-state index in [1.807, 2.05) is 0 Å². The van der Waals surface area contributed by atoms with E-state index in [0.29, 0.717) is 25.1 Å². The van der Waals surface area contributed by atoms with Crippen LogP contribution in [0.25, 0.3) is 0 Å². The van der Waals surface area contributed by atoms with E-state index < -0.39 is 82.4 Å². The van der Waals surface area contributed by atoms with Crippen molar-refractivity contribution in [2.45, 2.75) is 73.6 Å². The molecule has 6 aliphatic rings. The molecular formula is C32H45NO10. The van der Waals surface area contributed by atoms with Crippen LogP contribution in [0, 0.1) is 34.5 Å². The molecule has 11 heteroatoms. The van der Waals surface area contributed by atoms with Crippen molar-refractivity contribution in [1.82, 2.24) is 4.90 Å². The van der Waals surface area contributed by atoms with E-state index in [1.54, 1.807) is 51.7 Å². The third-order valence-corrected chi connectivity index (χ3v) is 12.9. The zero-order chi connectivity index (χ0) is 30.7. The van der Waals surface area contributed by atoms with Gasteiger partial charge in [0.1, 0.15) is 29.5 Å². The van der Waals surface area contributed by atoms with Crippen LogP contribution in [-0.2, 0) is 23.7 Å². The monoisotopic (exact) mass is 603 g/mol. The van der Waals surface area contributed by atoms with Gasteiger partial charge in [0.25, 0.3) is 0 Å². The molecule has 1 aliphatic heterocycles. The molecule has 7 bridgehead atoms. The lowest BCUT2D eigenvalue weighted by Gasteiger charge is -2.70. The Hall–Kier alpha value is -1.67. The highest BCUT2D eigenvalue weighted by Gasteiger charge is 2.91. The molecule has 1 aromatic rings. The van der Waals surface area contributed by atoms with E-state index in [1.165, 1.54) is 7.11 Å². The summed E-state index contributed by atoms with van der Waals surface area (Å²) in [7, 11) is 6.29. The SMILES string of the molecule is CCN1C[C@]2(COC)[C@H](O)C[C@H](OC)C34C1C([C@H](OC)[C@@H]32)[C@]1(O)[C@@H]2[C@H]4C[C@](O)([C@@H]2OC(=O)c2ccccc2)[C@@H](OC)[C@@H]1O. The fourth-order valence-electron chi connectivity index (χ4n) is 11.9. The average molecular weight is 604 g/mol. The number of carbonyl (C=O) groups excluding carboxylic acids is 1. The van der Waals surface area contributed by atoms with Gasteiger partial charge >= 0.3 is 5.97 Å². The first-order chi connectivity index (χ1) is 20.6. The molecule has 3 unspecified atom stereocenters. The topological polar surface area (TPSA) is 147 Å². The number of rotatable bonds is 8. The van der Waals surface area contributed by atoms with Gasteiger partial charge in [0.05, 0.1) is 30.5 Å². The van der Waals surface area contributed by atoms with Gasteiger partial charge in [0.2, 0.25) is 0 Å². The van der Waals surface area contributed by atoms with Crippen molar-refractivity contribution in [1.29, 1.82) is 0 Å². The highest BCUT2D eigenvalue weighted by atomic mass is 16.6. The second-order valence-corrected chi connectivity index (χ2v) is 13.9. The molecule has 1 heterocycles. The van der Waals surface area contributed by atoms with Gasteiger partial charge in [0.15, 0.2) is 0 Å². The largest absolute Gasteiger partial charge is 0.455 e. The smallest absolute Gasteiger partial charge is 0.338 e. The minimum absolute atomic E-state index is 0.106. The molecule has 1 aromatic carbocycles. The summed E-state index contributed by atoms with van der Waals surface area (Å²) in [5.41, 5.74) is -4.81. The van der Waals surface area contributed by atoms with Crippen molar-refractivity contribution in [2.24, 2.45) is 34.5 Å². The Labute approximate surface area is 252 Å². The Balaban J connectivity index is 1.48. The van der Waals surface area contributed by atoms with E-state index in [4.69, 9.17) is 23.7 Å². The van der Waals surface area contributed by atoms with E-state index in [-0.39, 0.29) is 25.0 Å². The quantitative estimate of drug-likeness (QED) is 0.300. The summed E-state index contributed by atoms with van der Waals surface area (Å²) in [4.78, 5) is 15.8. The maximum atomic E-state index is 13.6. The lowest BCUT2D eigenvalue weighted by atomic mass is 9.42. The zero-order valence-electron chi connectivity index (χ0n) is 25.5. The zero-order valence-corrected chi connectivity index (χ0v) is 25.5. The Morgan fingerprint density at radius 1 is 1.00 bits per heavy atom. The maximum absolute atomic E-state index is 13.6. The standard InChI is InChI=1S/C32H45NO10/c1-6-33-14-29(15-39-2)18(34)12-19(40-3)31-17-13-30(37)26(43-28(36)16-10-8-7-9-11-16)20(17)32(38,25(35)27(30)42-5)21(24(31)33)22(41-4)23(29)31/h7-11,17-27,34-35,37-38H,6,12-15H2,1-5H3/t17-,18-,19+,20-,21?,22+,23-,24?,25+,26-,27+,29+,30+,31?,32-/m1/s1. The molecule has 5 aliphatic carbocycles. The third kappa shape index (κ3) is 3.28. The summed E-state index contributed by atoms with van der Waals surface area (Å²) in [6, 6.07) is 8.25. The van der Waals surface area contributed by atoms with Crippen LogP contribution >= 0.6 is 0 Å². The number of nitrogens with zero attached hydrogens (tertiary/aromatic N) is 1. The second kappa shape index (κ2) is 9.91. The number of methoxy groups -OCH3 is 4. The summed E-state index contributed by atoms with van der Waals surface area (Å²) in [5.74, 6) is -2.94. The number of esters is 1. The van der Waals surface area contributed by atoms with Crippen LogP contribution in [0.4, 0.5) is 0 Å². The van der Waals surface area contributed by atoms with Gasteiger partial charge < -0.3 is 44.1 Å². The Kier molecular flexibility index (Phi) is 6.92. The normalized spacial score (nSPS) is 52.7. The van der Waals surface area contributed by atoms with Crippen molar-refractivity contribution in [3.05, 3.63) is 35.9 Å².